The zero-order valence-corrected chi connectivity index (χ0v) is 10.6. The van der Waals surface area contributed by atoms with E-state index >= 15 is 0 Å². The Morgan fingerprint density at radius 3 is 2.29 bits per heavy atom. The van der Waals surface area contributed by atoms with Crippen molar-refractivity contribution in [3.05, 3.63) is 38.8 Å². The highest BCUT2D eigenvalue weighted by atomic mass is 127. The van der Waals surface area contributed by atoms with Crippen LogP contribution >= 0.6 is 22.6 Å². The lowest BCUT2D eigenvalue weighted by molar-refractivity contribution is 0.0600. The zero-order chi connectivity index (χ0) is 10.7. The molecule has 0 fully saturated rings. The highest BCUT2D eigenvalue weighted by Crippen LogP contribution is 2.19. The largest absolute Gasteiger partial charge is 0.465 e. The third-order valence-corrected chi connectivity index (χ3v) is 2.52. The van der Waals surface area contributed by atoms with Crippen LogP contribution in [0.15, 0.2) is 18.2 Å². The van der Waals surface area contributed by atoms with Gasteiger partial charge in [0.05, 0.1) is 12.7 Å². The van der Waals surface area contributed by atoms with Gasteiger partial charge in [0.25, 0.3) is 0 Å². The van der Waals surface area contributed by atoms with Crippen LogP contribution in [0.4, 0.5) is 0 Å². The van der Waals surface area contributed by atoms with Gasteiger partial charge in [0.1, 0.15) is 0 Å². The number of esters is 1. The van der Waals surface area contributed by atoms with E-state index in [0.717, 1.165) is 9.13 Å². The lowest BCUT2D eigenvalue weighted by Gasteiger charge is -2.07. The van der Waals surface area contributed by atoms with Gasteiger partial charge < -0.3 is 4.74 Å². The summed E-state index contributed by atoms with van der Waals surface area (Å²) in [5.74, 6) is 0.902. The Labute approximate surface area is 97.8 Å². The second-order valence-electron chi connectivity index (χ2n) is 3.22. The molecule has 0 aromatic heterocycles. The normalized spacial score (nSPS) is 10.4. The van der Waals surface area contributed by atoms with Gasteiger partial charge in [-0.1, -0.05) is 13.8 Å². The van der Waals surface area contributed by atoms with E-state index in [1.165, 1.54) is 13.0 Å². The third kappa shape index (κ3) is 2.70. The molecule has 0 N–H and O–H groups in total. The molecule has 75 valence electrons. The summed E-state index contributed by atoms with van der Waals surface area (Å²) in [7, 11) is 1.39. The lowest BCUT2D eigenvalue weighted by Crippen LogP contribution is -2.03. The molecular weight excluding hydrogens is 291 g/mol. The molecule has 0 saturated heterocycles. The molecule has 0 bridgehead atoms. The summed E-state index contributed by atoms with van der Waals surface area (Å²) < 4.78 is 5.72. The second-order valence-corrected chi connectivity index (χ2v) is 4.47. The molecule has 0 aliphatic carbocycles. The fourth-order valence-corrected chi connectivity index (χ4v) is 1.79. The van der Waals surface area contributed by atoms with Crippen molar-refractivity contribution in [3.63, 3.8) is 0 Å². The molecule has 1 rings (SSSR count). The van der Waals surface area contributed by atoms with Crippen LogP contribution in [0, 0.1) is 9.49 Å². The number of methoxy groups -OCH3 is 1. The van der Waals surface area contributed by atoms with E-state index in [0.29, 0.717) is 5.56 Å². The van der Waals surface area contributed by atoms with Crippen molar-refractivity contribution >= 4 is 28.6 Å². The molecule has 1 radical (unpaired) electrons. The van der Waals surface area contributed by atoms with Crippen molar-refractivity contribution in [1.82, 2.24) is 0 Å². The minimum Gasteiger partial charge on any atom is -0.465 e. The van der Waals surface area contributed by atoms with Crippen LogP contribution in [0.3, 0.4) is 0 Å². The van der Waals surface area contributed by atoms with Crippen LogP contribution in [0.5, 0.6) is 0 Å². The molecule has 0 unspecified atom stereocenters. The SMILES string of the molecule is COC(=O)c1cc(I)cc([C](C)C)c1. The number of carbonyl (C=O) groups excluding carboxylic acids is 1. The van der Waals surface area contributed by atoms with Crippen molar-refractivity contribution in [2.45, 2.75) is 13.8 Å². The number of rotatable bonds is 2. The van der Waals surface area contributed by atoms with Crippen LogP contribution in [0.1, 0.15) is 29.8 Å². The molecule has 0 aliphatic rings. The van der Waals surface area contributed by atoms with E-state index in [-0.39, 0.29) is 5.97 Å². The Hall–Kier alpha value is -0.580. The molecular formula is C11H12IO2. The molecule has 0 aliphatic heterocycles. The molecule has 1 aromatic rings. The van der Waals surface area contributed by atoms with Crippen molar-refractivity contribution in [2.75, 3.05) is 7.11 Å². The Bertz CT molecular complexity index is 345. The van der Waals surface area contributed by atoms with Crippen molar-refractivity contribution in [2.24, 2.45) is 0 Å². The minimum atomic E-state index is -0.286. The Morgan fingerprint density at radius 1 is 1.21 bits per heavy atom. The Kier molecular flexibility index (Phi) is 3.92. The fourth-order valence-electron chi connectivity index (χ4n) is 1.11. The third-order valence-electron chi connectivity index (χ3n) is 1.90. The van der Waals surface area contributed by atoms with E-state index in [2.05, 4.69) is 27.3 Å². The van der Waals surface area contributed by atoms with Gasteiger partial charge in [0, 0.05) is 3.57 Å². The summed E-state index contributed by atoms with van der Waals surface area (Å²) in [6.45, 7) is 4.04. The topological polar surface area (TPSA) is 26.3 Å². The van der Waals surface area contributed by atoms with Gasteiger partial charge in [0.15, 0.2) is 0 Å². The van der Waals surface area contributed by atoms with Crippen LogP contribution in [0.2, 0.25) is 0 Å². The predicted molar refractivity (Wildman–Crippen MR) is 64.2 cm³/mol. The van der Waals surface area contributed by atoms with E-state index < -0.39 is 0 Å². The fraction of sp³-hybridized carbons (Fsp3) is 0.273. The van der Waals surface area contributed by atoms with Gasteiger partial charge in [-0.3, -0.25) is 0 Å². The summed E-state index contributed by atoms with van der Waals surface area (Å²) in [5, 5.41) is 0. The average molecular weight is 303 g/mol. The highest BCUT2D eigenvalue weighted by molar-refractivity contribution is 14.1. The average Bonchev–Trinajstić information content (AvgIpc) is 2.15. The molecule has 0 saturated carbocycles. The Morgan fingerprint density at radius 2 is 1.79 bits per heavy atom. The summed E-state index contributed by atoms with van der Waals surface area (Å²) in [6, 6.07) is 5.71. The van der Waals surface area contributed by atoms with Gasteiger partial charge in [0.2, 0.25) is 0 Å². The van der Waals surface area contributed by atoms with Gasteiger partial charge in [-0.15, -0.1) is 0 Å². The predicted octanol–water partition coefficient (Wildman–Crippen LogP) is 3.04. The van der Waals surface area contributed by atoms with E-state index in [1.54, 1.807) is 0 Å². The number of hydrogen-bond donors (Lipinski definition) is 0. The maximum absolute atomic E-state index is 11.3. The maximum atomic E-state index is 11.3. The summed E-state index contributed by atoms with van der Waals surface area (Å²) >= 11 is 2.19. The van der Waals surface area contributed by atoms with Crippen molar-refractivity contribution in [1.29, 1.82) is 0 Å². The second kappa shape index (κ2) is 4.77. The van der Waals surface area contributed by atoms with E-state index in [9.17, 15) is 4.79 Å². The summed E-state index contributed by atoms with van der Waals surface area (Å²) in [4.78, 5) is 11.3. The van der Waals surface area contributed by atoms with Crippen LogP contribution in [0.25, 0.3) is 0 Å². The smallest absolute Gasteiger partial charge is 0.337 e. The first-order chi connectivity index (χ1) is 6.54. The molecule has 0 amide bonds. The zero-order valence-electron chi connectivity index (χ0n) is 8.43. The molecule has 2 nitrogen and oxygen atoms in total. The van der Waals surface area contributed by atoms with Crippen molar-refractivity contribution in [3.8, 4) is 0 Å². The van der Waals surface area contributed by atoms with Gasteiger partial charge >= 0.3 is 5.97 Å². The quantitative estimate of drug-likeness (QED) is 0.620. The first-order valence-corrected chi connectivity index (χ1v) is 5.32. The molecule has 0 spiro atoms. The van der Waals surface area contributed by atoms with Crippen LogP contribution < -0.4 is 0 Å². The molecule has 14 heavy (non-hydrogen) atoms. The van der Waals surface area contributed by atoms with E-state index in [4.69, 9.17) is 0 Å². The number of hydrogen-bond acceptors (Lipinski definition) is 2. The van der Waals surface area contributed by atoms with E-state index in [1.807, 2.05) is 32.0 Å². The van der Waals surface area contributed by atoms with Crippen molar-refractivity contribution < 1.29 is 9.53 Å². The molecule has 0 heterocycles. The first-order valence-electron chi connectivity index (χ1n) is 4.24. The number of ether oxygens (including phenoxy) is 1. The van der Waals surface area contributed by atoms with Crippen LogP contribution in [-0.2, 0) is 4.74 Å². The molecule has 0 atom stereocenters. The summed E-state index contributed by atoms with van der Waals surface area (Å²) in [5.41, 5.74) is 1.69. The standard InChI is InChI=1S/C11H12IO2/c1-7(2)8-4-9(11(13)14-3)6-10(12)5-8/h4-6H,1-3H3. The van der Waals surface area contributed by atoms with Crippen LogP contribution in [-0.4, -0.2) is 13.1 Å². The first kappa shape index (κ1) is 11.5. The summed E-state index contributed by atoms with van der Waals surface area (Å²) in [6.07, 6.45) is 0. The monoisotopic (exact) mass is 303 g/mol. The number of halogens is 1. The van der Waals surface area contributed by atoms with Gasteiger partial charge in [-0.05, 0) is 52.3 Å². The molecule has 1 aromatic carbocycles. The minimum absolute atomic E-state index is 0.286. The number of benzene rings is 1. The number of carbonyl (C=O) groups is 1. The molecule has 3 heteroatoms. The Balaban J connectivity index is 3.13. The maximum Gasteiger partial charge on any atom is 0.337 e. The van der Waals surface area contributed by atoms with Gasteiger partial charge in [-0.2, -0.15) is 0 Å². The van der Waals surface area contributed by atoms with Gasteiger partial charge in [-0.25, -0.2) is 4.79 Å². The highest BCUT2D eigenvalue weighted by Gasteiger charge is 2.09. The lowest BCUT2D eigenvalue weighted by atomic mass is 10.0.